The average molecular weight is 400 g/mol. The first-order chi connectivity index (χ1) is 14.4. The number of hydrogen-bond donors (Lipinski definition) is 0. The van der Waals surface area contributed by atoms with E-state index in [0.717, 1.165) is 47.4 Å². The third-order valence-electron chi connectivity index (χ3n) is 5.87. The number of aromatic nitrogens is 4. The van der Waals surface area contributed by atoms with Crippen molar-refractivity contribution in [2.45, 2.75) is 37.5 Å². The van der Waals surface area contributed by atoms with Crippen LogP contribution in [0, 0.1) is 0 Å². The number of anilines is 1. The van der Waals surface area contributed by atoms with Gasteiger partial charge in [-0.15, -0.1) is 10.2 Å². The molecule has 0 saturated heterocycles. The third kappa shape index (κ3) is 2.82. The van der Waals surface area contributed by atoms with Crippen LogP contribution in [0.25, 0.3) is 22.3 Å². The molecule has 0 fully saturated rings. The summed E-state index contributed by atoms with van der Waals surface area (Å²) in [5, 5.41) is 11.2. The van der Waals surface area contributed by atoms with E-state index in [0.29, 0.717) is 0 Å². The third-order valence-corrected chi connectivity index (χ3v) is 6.87. The van der Waals surface area contributed by atoms with Gasteiger partial charge in [0.15, 0.2) is 11.0 Å². The molecule has 0 amide bonds. The molecule has 2 aliphatic rings. The minimum absolute atomic E-state index is 0.764. The Kier molecular flexibility index (Phi) is 4.04. The molecule has 0 bridgehead atoms. The van der Waals surface area contributed by atoms with Crippen LogP contribution in [-0.2, 0) is 19.5 Å². The maximum absolute atomic E-state index is 5.01. The molecule has 4 aromatic rings. The highest BCUT2D eigenvalue weighted by molar-refractivity contribution is 7.99. The van der Waals surface area contributed by atoms with Crippen LogP contribution in [0.2, 0.25) is 0 Å². The predicted octanol–water partition coefficient (Wildman–Crippen LogP) is 4.90. The van der Waals surface area contributed by atoms with Crippen molar-refractivity contribution in [1.29, 1.82) is 0 Å². The lowest BCUT2D eigenvalue weighted by Crippen LogP contribution is -2.32. The zero-order valence-corrected chi connectivity index (χ0v) is 16.9. The fraction of sp³-hybridized carbons (Fsp3) is 0.261. The van der Waals surface area contributed by atoms with Crippen LogP contribution in [0.4, 0.5) is 5.69 Å². The Morgan fingerprint density at radius 3 is 2.62 bits per heavy atom. The lowest BCUT2D eigenvalue weighted by Gasteiger charge is -2.33. The standard InChI is InChI=1S/C23H21N5S/c1-2-8-16(9-3-1)22-25-26-23-28(22)14-27(15-29-23)21-17-10-4-6-12-19(17)24-20-13-7-5-11-18(20)21/h1-4,6,8-10,12H,5,7,11,13-15H2. The van der Waals surface area contributed by atoms with Crippen molar-refractivity contribution in [1.82, 2.24) is 19.7 Å². The molecule has 0 saturated carbocycles. The average Bonchev–Trinajstić information content (AvgIpc) is 3.21. The molecule has 29 heavy (non-hydrogen) atoms. The summed E-state index contributed by atoms with van der Waals surface area (Å²) in [7, 11) is 0. The number of hydrogen-bond acceptors (Lipinski definition) is 5. The maximum atomic E-state index is 5.01. The first-order valence-electron chi connectivity index (χ1n) is 10.2. The SMILES string of the molecule is c1ccc(-c2nnc3n2CN(c2c4c(nc5ccccc25)CCCC4)CS3)cc1. The van der Waals surface area contributed by atoms with Crippen LogP contribution >= 0.6 is 11.8 Å². The monoisotopic (exact) mass is 399 g/mol. The van der Waals surface area contributed by atoms with E-state index >= 15 is 0 Å². The van der Waals surface area contributed by atoms with Gasteiger partial charge >= 0.3 is 0 Å². The smallest absolute Gasteiger partial charge is 0.194 e. The number of para-hydroxylation sites is 1. The molecule has 2 aromatic heterocycles. The summed E-state index contributed by atoms with van der Waals surface area (Å²) >= 11 is 1.76. The minimum Gasteiger partial charge on any atom is -0.343 e. The molecule has 1 aliphatic carbocycles. The summed E-state index contributed by atoms with van der Waals surface area (Å²) in [6, 6.07) is 18.9. The Balaban J connectivity index is 1.49. The Labute approximate surface area is 173 Å². The zero-order valence-electron chi connectivity index (χ0n) is 16.1. The molecule has 6 heteroatoms. The Morgan fingerprint density at radius 2 is 1.69 bits per heavy atom. The quantitative estimate of drug-likeness (QED) is 0.480. The van der Waals surface area contributed by atoms with Crippen LogP contribution in [-0.4, -0.2) is 25.6 Å². The fourth-order valence-electron chi connectivity index (χ4n) is 4.51. The first-order valence-corrected chi connectivity index (χ1v) is 11.1. The van der Waals surface area contributed by atoms with Crippen molar-refractivity contribution < 1.29 is 0 Å². The van der Waals surface area contributed by atoms with Gasteiger partial charge in [0.1, 0.15) is 0 Å². The van der Waals surface area contributed by atoms with Crippen LogP contribution in [0.15, 0.2) is 59.8 Å². The van der Waals surface area contributed by atoms with Crippen LogP contribution in [0.1, 0.15) is 24.1 Å². The highest BCUT2D eigenvalue weighted by atomic mass is 32.2. The van der Waals surface area contributed by atoms with Crippen molar-refractivity contribution in [2.24, 2.45) is 0 Å². The predicted molar refractivity (Wildman–Crippen MR) is 117 cm³/mol. The van der Waals surface area contributed by atoms with E-state index in [4.69, 9.17) is 4.98 Å². The lowest BCUT2D eigenvalue weighted by atomic mass is 9.92. The zero-order chi connectivity index (χ0) is 19.2. The number of aryl methyl sites for hydroxylation is 1. The number of fused-ring (bicyclic) bond motifs is 3. The number of pyridine rings is 1. The van der Waals surface area contributed by atoms with E-state index < -0.39 is 0 Å². The molecular formula is C23H21N5S. The summed E-state index contributed by atoms with van der Waals surface area (Å²) < 4.78 is 2.24. The summed E-state index contributed by atoms with van der Waals surface area (Å²) in [5.74, 6) is 1.82. The van der Waals surface area contributed by atoms with E-state index in [1.807, 2.05) is 6.07 Å². The number of benzene rings is 2. The molecule has 2 aromatic carbocycles. The molecule has 0 spiro atoms. The van der Waals surface area contributed by atoms with Gasteiger partial charge in [0.2, 0.25) is 0 Å². The van der Waals surface area contributed by atoms with Crippen molar-refractivity contribution in [3.05, 3.63) is 65.9 Å². The van der Waals surface area contributed by atoms with E-state index in [1.165, 1.54) is 35.2 Å². The van der Waals surface area contributed by atoms with Gasteiger partial charge in [-0.3, -0.25) is 9.55 Å². The van der Waals surface area contributed by atoms with Crippen LogP contribution in [0.3, 0.4) is 0 Å². The number of thioether (sulfide) groups is 1. The van der Waals surface area contributed by atoms with E-state index in [2.05, 4.69) is 68.2 Å². The van der Waals surface area contributed by atoms with Gasteiger partial charge in [-0.1, -0.05) is 60.3 Å². The first kappa shape index (κ1) is 17.0. The van der Waals surface area contributed by atoms with Gasteiger partial charge in [0, 0.05) is 16.6 Å². The Morgan fingerprint density at radius 1 is 0.862 bits per heavy atom. The second kappa shape index (κ2) is 6.88. The second-order valence-corrected chi connectivity index (χ2v) is 8.58. The van der Waals surface area contributed by atoms with Crippen LogP contribution < -0.4 is 4.90 Å². The van der Waals surface area contributed by atoms with Gasteiger partial charge in [-0.2, -0.15) is 0 Å². The Hall–Kier alpha value is -2.86. The molecule has 0 unspecified atom stereocenters. The molecule has 0 atom stereocenters. The largest absolute Gasteiger partial charge is 0.343 e. The topological polar surface area (TPSA) is 46.8 Å². The van der Waals surface area contributed by atoms with Gasteiger partial charge in [-0.05, 0) is 37.3 Å². The summed E-state index contributed by atoms with van der Waals surface area (Å²) in [6.07, 6.45) is 4.68. The van der Waals surface area contributed by atoms with Gasteiger partial charge in [-0.25, -0.2) is 0 Å². The molecule has 6 rings (SSSR count). The Bertz CT molecular complexity index is 1200. The van der Waals surface area contributed by atoms with E-state index in [-0.39, 0.29) is 0 Å². The molecule has 5 nitrogen and oxygen atoms in total. The van der Waals surface area contributed by atoms with Gasteiger partial charge < -0.3 is 4.90 Å². The van der Waals surface area contributed by atoms with Crippen molar-refractivity contribution >= 4 is 28.4 Å². The molecule has 0 radical (unpaired) electrons. The maximum Gasteiger partial charge on any atom is 0.194 e. The van der Waals surface area contributed by atoms with Crippen LogP contribution in [0.5, 0.6) is 0 Å². The highest BCUT2D eigenvalue weighted by Crippen LogP contribution is 2.39. The van der Waals surface area contributed by atoms with Crippen molar-refractivity contribution in [2.75, 3.05) is 10.8 Å². The molecule has 1 aliphatic heterocycles. The number of nitrogens with zero attached hydrogens (tertiary/aromatic N) is 5. The second-order valence-electron chi connectivity index (χ2n) is 7.66. The summed E-state index contributed by atoms with van der Waals surface area (Å²) in [5.41, 5.74) is 6.29. The van der Waals surface area contributed by atoms with Crippen molar-refractivity contribution in [3.63, 3.8) is 0 Å². The molecule has 3 heterocycles. The van der Waals surface area contributed by atoms with Gasteiger partial charge in [0.05, 0.1) is 23.7 Å². The molecular weight excluding hydrogens is 378 g/mol. The summed E-state index contributed by atoms with van der Waals surface area (Å²) in [4.78, 5) is 7.49. The lowest BCUT2D eigenvalue weighted by molar-refractivity contribution is 0.601. The highest BCUT2D eigenvalue weighted by Gasteiger charge is 2.27. The molecule has 144 valence electrons. The normalized spacial score (nSPS) is 15.9. The van der Waals surface area contributed by atoms with E-state index in [9.17, 15) is 0 Å². The summed E-state index contributed by atoms with van der Waals surface area (Å²) in [6.45, 7) is 0.764. The fourth-order valence-corrected chi connectivity index (χ4v) is 5.40. The number of rotatable bonds is 2. The van der Waals surface area contributed by atoms with E-state index in [1.54, 1.807) is 11.8 Å². The van der Waals surface area contributed by atoms with Crippen molar-refractivity contribution in [3.8, 4) is 11.4 Å². The minimum atomic E-state index is 0.764. The molecule has 0 N–H and O–H groups in total. The van der Waals surface area contributed by atoms with Gasteiger partial charge in [0.25, 0.3) is 0 Å².